The van der Waals surface area contributed by atoms with Crippen molar-refractivity contribution in [3.63, 3.8) is 0 Å². The highest BCUT2D eigenvalue weighted by atomic mass is 35.5. The van der Waals surface area contributed by atoms with Gasteiger partial charge in [-0.3, -0.25) is 0 Å². The number of hydrogen-bond donors (Lipinski definition) is 1. The number of hydrogen-bond acceptors (Lipinski definition) is 3. The lowest BCUT2D eigenvalue weighted by atomic mass is 10.1. The van der Waals surface area contributed by atoms with E-state index in [2.05, 4.69) is 5.32 Å². The van der Waals surface area contributed by atoms with Crippen LogP contribution in [0.2, 0.25) is 5.02 Å². The monoisotopic (exact) mass is 271 g/mol. The van der Waals surface area contributed by atoms with Crippen molar-refractivity contribution >= 4 is 23.0 Å². The predicted molar refractivity (Wildman–Crippen MR) is 70.6 cm³/mol. The first-order valence-corrected chi connectivity index (χ1v) is 5.69. The molecule has 0 amide bonds. The molecule has 2 rings (SSSR count). The molecule has 0 radical (unpaired) electrons. The zero-order valence-electron chi connectivity index (χ0n) is 9.61. The SMILES string of the molecule is N#Cc1ccc(Nc2cccc(F)c2C#N)cc1Cl. The van der Waals surface area contributed by atoms with Gasteiger partial charge in [0.05, 0.1) is 16.3 Å². The number of anilines is 2. The van der Waals surface area contributed by atoms with Crippen molar-refractivity contribution in [3.8, 4) is 12.1 Å². The van der Waals surface area contributed by atoms with Crippen LogP contribution in [0.25, 0.3) is 0 Å². The van der Waals surface area contributed by atoms with Crippen LogP contribution in [0.4, 0.5) is 15.8 Å². The minimum atomic E-state index is -0.591. The summed E-state index contributed by atoms with van der Waals surface area (Å²) < 4.78 is 13.4. The number of nitriles is 2. The van der Waals surface area contributed by atoms with E-state index in [4.69, 9.17) is 22.1 Å². The van der Waals surface area contributed by atoms with Crippen molar-refractivity contribution in [2.45, 2.75) is 0 Å². The van der Waals surface area contributed by atoms with Crippen LogP contribution in [0.5, 0.6) is 0 Å². The topological polar surface area (TPSA) is 59.6 Å². The van der Waals surface area contributed by atoms with Gasteiger partial charge in [-0.2, -0.15) is 10.5 Å². The second-order valence-corrected chi connectivity index (χ2v) is 4.11. The summed E-state index contributed by atoms with van der Waals surface area (Å²) >= 11 is 5.90. The highest BCUT2D eigenvalue weighted by Gasteiger charge is 2.08. The summed E-state index contributed by atoms with van der Waals surface area (Å²) in [7, 11) is 0. The molecule has 92 valence electrons. The third-order valence-corrected chi connectivity index (χ3v) is 2.81. The van der Waals surface area contributed by atoms with Crippen molar-refractivity contribution in [1.29, 1.82) is 10.5 Å². The molecule has 0 fully saturated rings. The van der Waals surface area contributed by atoms with Crippen molar-refractivity contribution in [1.82, 2.24) is 0 Å². The van der Waals surface area contributed by atoms with Gasteiger partial charge in [0.1, 0.15) is 23.5 Å². The molecule has 19 heavy (non-hydrogen) atoms. The van der Waals surface area contributed by atoms with Gasteiger partial charge >= 0.3 is 0 Å². The van der Waals surface area contributed by atoms with E-state index in [9.17, 15) is 4.39 Å². The molecule has 1 N–H and O–H groups in total. The van der Waals surface area contributed by atoms with Gasteiger partial charge in [0, 0.05) is 5.69 Å². The Hall–Kier alpha value is -2.56. The average molecular weight is 272 g/mol. The first-order chi connectivity index (χ1) is 9.15. The Bertz CT molecular complexity index is 714. The van der Waals surface area contributed by atoms with E-state index in [1.807, 2.05) is 6.07 Å². The lowest BCUT2D eigenvalue weighted by Gasteiger charge is -2.09. The minimum Gasteiger partial charge on any atom is -0.354 e. The molecule has 0 aliphatic heterocycles. The normalized spacial score (nSPS) is 9.47. The Morgan fingerprint density at radius 3 is 2.53 bits per heavy atom. The molecule has 0 heterocycles. The van der Waals surface area contributed by atoms with E-state index in [0.717, 1.165) is 0 Å². The zero-order valence-corrected chi connectivity index (χ0v) is 10.4. The fraction of sp³-hybridized carbons (Fsp3) is 0. The number of halogens is 2. The Balaban J connectivity index is 2.38. The third kappa shape index (κ3) is 2.65. The summed E-state index contributed by atoms with van der Waals surface area (Å²) in [6.07, 6.45) is 0. The maximum atomic E-state index is 13.4. The molecule has 0 unspecified atom stereocenters. The molecule has 0 aliphatic carbocycles. The molecule has 0 aliphatic rings. The fourth-order valence-electron chi connectivity index (χ4n) is 1.58. The third-order valence-electron chi connectivity index (χ3n) is 2.49. The second-order valence-electron chi connectivity index (χ2n) is 3.71. The second kappa shape index (κ2) is 5.39. The average Bonchev–Trinajstić information content (AvgIpc) is 2.39. The van der Waals surface area contributed by atoms with Crippen molar-refractivity contribution in [2.24, 2.45) is 0 Å². The number of rotatable bonds is 2. The molecule has 0 spiro atoms. The molecule has 3 nitrogen and oxygen atoms in total. The Kier molecular flexibility index (Phi) is 3.66. The fourth-order valence-corrected chi connectivity index (χ4v) is 1.80. The lowest BCUT2D eigenvalue weighted by Crippen LogP contribution is -1.96. The molecule has 0 aromatic heterocycles. The number of benzene rings is 2. The highest BCUT2D eigenvalue weighted by Crippen LogP contribution is 2.26. The number of nitrogens with one attached hydrogen (secondary N) is 1. The van der Waals surface area contributed by atoms with Gasteiger partial charge < -0.3 is 5.32 Å². The van der Waals surface area contributed by atoms with Crippen LogP contribution in [0.15, 0.2) is 36.4 Å². The van der Waals surface area contributed by atoms with Crippen molar-refractivity contribution < 1.29 is 4.39 Å². The molecule has 5 heteroatoms. The summed E-state index contributed by atoms with van der Waals surface area (Å²) in [5.74, 6) is -0.591. The summed E-state index contributed by atoms with van der Waals surface area (Å²) in [5.41, 5.74) is 1.21. The first-order valence-electron chi connectivity index (χ1n) is 5.31. The van der Waals surface area contributed by atoms with Crippen LogP contribution in [0.1, 0.15) is 11.1 Å². The van der Waals surface area contributed by atoms with Gasteiger partial charge in [0.25, 0.3) is 0 Å². The van der Waals surface area contributed by atoms with Crippen LogP contribution in [0.3, 0.4) is 0 Å². The van der Waals surface area contributed by atoms with Crippen LogP contribution in [-0.4, -0.2) is 0 Å². The van der Waals surface area contributed by atoms with Gasteiger partial charge in [-0.1, -0.05) is 17.7 Å². The van der Waals surface area contributed by atoms with Crippen LogP contribution >= 0.6 is 11.6 Å². The minimum absolute atomic E-state index is 0.0667. The van der Waals surface area contributed by atoms with Crippen LogP contribution in [0, 0.1) is 28.5 Å². The standard InChI is InChI=1S/C14H7ClFN3/c15-12-6-10(5-4-9(12)7-17)19-14-3-1-2-13(16)11(14)8-18/h1-6,19H. The van der Waals surface area contributed by atoms with E-state index >= 15 is 0 Å². The highest BCUT2D eigenvalue weighted by molar-refractivity contribution is 6.32. The van der Waals surface area contributed by atoms with Crippen LogP contribution in [-0.2, 0) is 0 Å². The lowest BCUT2D eigenvalue weighted by molar-refractivity contribution is 0.624. The summed E-state index contributed by atoms with van der Waals surface area (Å²) in [6.45, 7) is 0. The van der Waals surface area contributed by atoms with E-state index in [1.54, 1.807) is 30.3 Å². The van der Waals surface area contributed by atoms with Gasteiger partial charge in [-0.15, -0.1) is 0 Å². The maximum absolute atomic E-state index is 13.4. The largest absolute Gasteiger partial charge is 0.354 e. The molecule has 0 bridgehead atoms. The Labute approximate surface area is 114 Å². The Morgan fingerprint density at radius 1 is 1.11 bits per heavy atom. The van der Waals surface area contributed by atoms with Crippen molar-refractivity contribution in [3.05, 3.63) is 58.4 Å². The molecule has 0 saturated heterocycles. The molecule has 2 aromatic carbocycles. The molecule has 0 atom stereocenters. The van der Waals surface area contributed by atoms with Gasteiger partial charge in [-0.05, 0) is 30.3 Å². The maximum Gasteiger partial charge on any atom is 0.143 e. The molecule has 0 saturated carbocycles. The first kappa shape index (κ1) is 12.9. The van der Waals surface area contributed by atoms with Crippen molar-refractivity contribution in [2.75, 3.05) is 5.32 Å². The van der Waals surface area contributed by atoms with E-state index < -0.39 is 5.82 Å². The summed E-state index contributed by atoms with van der Waals surface area (Å²) in [5, 5.41) is 20.9. The van der Waals surface area contributed by atoms with Gasteiger partial charge in [-0.25, -0.2) is 4.39 Å². The number of nitrogens with zero attached hydrogens (tertiary/aromatic N) is 2. The predicted octanol–water partition coefficient (Wildman–Crippen LogP) is 3.97. The van der Waals surface area contributed by atoms with Gasteiger partial charge in [0.15, 0.2) is 0 Å². The van der Waals surface area contributed by atoms with E-state index in [-0.39, 0.29) is 5.56 Å². The Morgan fingerprint density at radius 2 is 1.89 bits per heavy atom. The summed E-state index contributed by atoms with van der Waals surface area (Å²) in [6, 6.07) is 12.8. The quantitative estimate of drug-likeness (QED) is 0.899. The van der Waals surface area contributed by atoms with Crippen LogP contribution < -0.4 is 5.32 Å². The smallest absolute Gasteiger partial charge is 0.143 e. The van der Waals surface area contributed by atoms with E-state index in [0.29, 0.717) is 22.0 Å². The molecular formula is C14H7ClFN3. The summed E-state index contributed by atoms with van der Waals surface area (Å²) in [4.78, 5) is 0. The molecular weight excluding hydrogens is 265 g/mol. The molecule has 2 aromatic rings. The van der Waals surface area contributed by atoms with Gasteiger partial charge in [0.2, 0.25) is 0 Å². The zero-order chi connectivity index (χ0) is 13.8. The van der Waals surface area contributed by atoms with E-state index in [1.165, 1.54) is 12.1 Å².